The molecule has 0 saturated heterocycles. The second-order valence-corrected chi connectivity index (χ2v) is 12.8. The van der Waals surface area contributed by atoms with E-state index in [0.717, 1.165) is 10.0 Å². The number of benzene rings is 1. The Bertz CT molecular complexity index is 336. The molecule has 0 aromatic heterocycles. The quantitative estimate of drug-likeness (QED) is 0.641. The molecule has 4 heteroatoms. The zero-order valence-electron chi connectivity index (χ0n) is 9.17. The molecule has 0 aliphatic heterocycles. The summed E-state index contributed by atoms with van der Waals surface area (Å²) in [4.78, 5) is 0. The maximum absolute atomic E-state index is 10.3. The molecule has 0 bridgehead atoms. The highest BCUT2D eigenvalue weighted by molar-refractivity contribution is 9.10. The molecular weight excluding hydrogens is 336 g/mol. The first-order valence-electron chi connectivity index (χ1n) is 4.90. The Labute approximate surface area is 109 Å². The number of hydrogen-bond donors (Lipinski definition) is 1. The molecule has 2 unspecified atom stereocenters. The van der Waals surface area contributed by atoms with Gasteiger partial charge in [-0.1, -0.05) is 69.7 Å². The number of aliphatic hydroxyl groups is 1. The lowest BCUT2D eigenvalue weighted by atomic mass is 10.1. The summed E-state index contributed by atoms with van der Waals surface area (Å²) >= 11 is 7.09. The van der Waals surface area contributed by atoms with E-state index in [1.165, 1.54) is 0 Å². The third kappa shape index (κ3) is 3.41. The van der Waals surface area contributed by atoms with Crippen molar-refractivity contribution in [3.05, 3.63) is 34.3 Å². The summed E-state index contributed by atoms with van der Waals surface area (Å²) in [6, 6.07) is 7.83. The van der Waals surface area contributed by atoms with E-state index < -0.39 is 14.2 Å². The fraction of sp³-hybridized carbons (Fsp3) is 0.455. The molecule has 0 radical (unpaired) electrons. The Hall–Kier alpha value is 0.357. The molecule has 0 amide bonds. The van der Waals surface area contributed by atoms with Crippen molar-refractivity contribution < 1.29 is 5.11 Å². The van der Waals surface area contributed by atoms with Gasteiger partial charge in [-0.3, -0.25) is 0 Å². The lowest BCUT2D eigenvalue weighted by molar-refractivity contribution is 0.192. The van der Waals surface area contributed by atoms with Crippen molar-refractivity contribution in [2.24, 2.45) is 0 Å². The van der Waals surface area contributed by atoms with Crippen molar-refractivity contribution in [1.82, 2.24) is 0 Å². The molecule has 1 aromatic rings. The van der Waals surface area contributed by atoms with Gasteiger partial charge in [0.2, 0.25) is 0 Å². The molecule has 0 aliphatic rings. The molecule has 2 atom stereocenters. The fourth-order valence-electron chi connectivity index (χ4n) is 1.35. The van der Waals surface area contributed by atoms with Gasteiger partial charge in [0.05, 0.1) is 14.2 Å². The van der Waals surface area contributed by atoms with Crippen LogP contribution in [0, 0.1) is 0 Å². The first-order chi connectivity index (χ1) is 6.84. The van der Waals surface area contributed by atoms with Crippen LogP contribution < -0.4 is 0 Å². The van der Waals surface area contributed by atoms with Crippen LogP contribution in [-0.4, -0.2) is 17.6 Å². The SMILES string of the molecule is C[Si](C)(C)C(Br)C(O)c1ccccc1Br. The molecule has 0 spiro atoms. The van der Waals surface area contributed by atoms with Crippen LogP contribution >= 0.6 is 31.9 Å². The standard InChI is InChI=1S/C11H16Br2OSi/c1-15(2,3)11(13)10(14)8-6-4-5-7-9(8)12/h4-7,10-11,14H,1-3H3. The molecule has 1 N–H and O–H groups in total. The molecule has 0 saturated carbocycles. The predicted octanol–water partition coefficient (Wildman–Crippen LogP) is 4.12. The smallest absolute Gasteiger partial charge is 0.0900 e. The Morgan fingerprint density at radius 3 is 2.20 bits per heavy atom. The van der Waals surface area contributed by atoms with Crippen LogP contribution in [0.4, 0.5) is 0 Å². The van der Waals surface area contributed by atoms with Crippen LogP contribution in [0.3, 0.4) is 0 Å². The van der Waals surface area contributed by atoms with Gasteiger partial charge in [0.25, 0.3) is 0 Å². The van der Waals surface area contributed by atoms with E-state index in [0.29, 0.717) is 0 Å². The van der Waals surface area contributed by atoms with E-state index in [1.54, 1.807) is 0 Å². The van der Waals surface area contributed by atoms with E-state index in [-0.39, 0.29) is 4.45 Å². The van der Waals surface area contributed by atoms with E-state index >= 15 is 0 Å². The van der Waals surface area contributed by atoms with Gasteiger partial charge in [0, 0.05) is 8.92 Å². The minimum atomic E-state index is -1.38. The van der Waals surface area contributed by atoms with Crippen molar-refractivity contribution >= 4 is 39.9 Å². The summed E-state index contributed by atoms with van der Waals surface area (Å²) in [5, 5.41) is 10.3. The maximum Gasteiger partial charge on any atom is 0.0900 e. The lowest BCUT2D eigenvalue weighted by Gasteiger charge is -2.28. The highest BCUT2D eigenvalue weighted by Gasteiger charge is 2.32. The van der Waals surface area contributed by atoms with E-state index in [4.69, 9.17) is 0 Å². The van der Waals surface area contributed by atoms with Gasteiger partial charge in [0.1, 0.15) is 0 Å². The summed E-state index contributed by atoms with van der Waals surface area (Å²) in [7, 11) is -1.38. The van der Waals surface area contributed by atoms with Gasteiger partial charge < -0.3 is 5.11 Å². The molecule has 0 aliphatic carbocycles. The Morgan fingerprint density at radius 2 is 1.73 bits per heavy atom. The number of alkyl halides is 1. The number of hydrogen-bond acceptors (Lipinski definition) is 1. The monoisotopic (exact) mass is 350 g/mol. The van der Waals surface area contributed by atoms with Crippen LogP contribution in [-0.2, 0) is 0 Å². The van der Waals surface area contributed by atoms with Crippen molar-refractivity contribution in [2.45, 2.75) is 30.2 Å². The van der Waals surface area contributed by atoms with Crippen LogP contribution in [0.2, 0.25) is 19.6 Å². The fourth-order valence-corrected chi connectivity index (χ4v) is 3.28. The molecule has 0 heterocycles. The van der Waals surface area contributed by atoms with Crippen molar-refractivity contribution in [2.75, 3.05) is 0 Å². The number of rotatable bonds is 3. The molecule has 0 fully saturated rings. The van der Waals surface area contributed by atoms with Crippen molar-refractivity contribution in [3.63, 3.8) is 0 Å². The summed E-state index contributed by atoms with van der Waals surface area (Å²) in [5.74, 6) is 0. The molecular formula is C11H16Br2OSi. The van der Waals surface area contributed by atoms with Crippen LogP contribution in [0.25, 0.3) is 0 Å². The molecule has 1 rings (SSSR count). The number of aliphatic hydroxyl groups excluding tert-OH is 1. The van der Waals surface area contributed by atoms with E-state index in [1.807, 2.05) is 24.3 Å². The van der Waals surface area contributed by atoms with Gasteiger partial charge in [-0.05, 0) is 11.6 Å². The molecule has 1 aromatic carbocycles. The van der Waals surface area contributed by atoms with E-state index in [2.05, 4.69) is 51.5 Å². The highest BCUT2D eigenvalue weighted by Crippen LogP contribution is 2.33. The van der Waals surface area contributed by atoms with Gasteiger partial charge in [0.15, 0.2) is 0 Å². The van der Waals surface area contributed by atoms with Crippen LogP contribution in [0.1, 0.15) is 11.7 Å². The third-order valence-corrected chi connectivity index (χ3v) is 9.64. The molecule has 15 heavy (non-hydrogen) atoms. The zero-order chi connectivity index (χ0) is 11.6. The maximum atomic E-state index is 10.3. The van der Waals surface area contributed by atoms with Gasteiger partial charge in [-0.25, -0.2) is 0 Å². The minimum Gasteiger partial charge on any atom is -0.388 e. The topological polar surface area (TPSA) is 20.2 Å². The first kappa shape index (κ1) is 13.4. The normalized spacial score (nSPS) is 16.1. The van der Waals surface area contributed by atoms with Crippen LogP contribution in [0.5, 0.6) is 0 Å². The largest absolute Gasteiger partial charge is 0.388 e. The zero-order valence-corrected chi connectivity index (χ0v) is 13.3. The third-order valence-electron chi connectivity index (χ3n) is 2.33. The van der Waals surface area contributed by atoms with Crippen molar-refractivity contribution in [3.8, 4) is 0 Å². The average Bonchev–Trinajstić information content (AvgIpc) is 2.15. The summed E-state index contributed by atoms with van der Waals surface area (Å²) < 4.78 is 1.14. The number of halogens is 2. The van der Waals surface area contributed by atoms with E-state index in [9.17, 15) is 5.11 Å². The Morgan fingerprint density at radius 1 is 1.20 bits per heavy atom. The van der Waals surface area contributed by atoms with Gasteiger partial charge in [-0.2, -0.15) is 0 Å². The lowest BCUT2D eigenvalue weighted by Crippen LogP contribution is -2.38. The first-order valence-corrected chi connectivity index (χ1v) is 10.2. The molecule has 84 valence electrons. The summed E-state index contributed by atoms with van der Waals surface area (Å²) in [5.41, 5.74) is 0.960. The Kier molecular flexibility index (Phi) is 4.59. The Balaban J connectivity index is 2.95. The van der Waals surface area contributed by atoms with Gasteiger partial charge in [-0.15, -0.1) is 0 Å². The van der Waals surface area contributed by atoms with Crippen LogP contribution in [0.15, 0.2) is 28.7 Å². The summed E-state index contributed by atoms with van der Waals surface area (Å²) in [6.45, 7) is 6.73. The predicted molar refractivity (Wildman–Crippen MR) is 75.2 cm³/mol. The average molecular weight is 352 g/mol. The second kappa shape index (κ2) is 5.12. The molecule has 1 nitrogen and oxygen atoms in total. The van der Waals surface area contributed by atoms with Crippen molar-refractivity contribution in [1.29, 1.82) is 0 Å². The minimum absolute atomic E-state index is 0.170. The summed E-state index contributed by atoms with van der Waals surface area (Å²) in [6.07, 6.45) is -0.438. The highest BCUT2D eigenvalue weighted by atomic mass is 79.9. The van der Waals surface area contributed by atoms with Gasteiger partial charge >= 0.3 is 0 Å². The second-order valence-electron chi connectivity index (χ2n) is 4.73.